The second kappa shape index (κ2) is 7.97. The van der Waals surface area contributed by atoms with Crippen LogP contribution in [0.25, 0.3) is 10.9 Å². The third-order valence-corrected chi connectivity index (χ3v) is 7.38. The number of fused-ring (bicyclic) bond motifs is 1. The van der Waals surface area contributed by atoms with Gasteiger partial charge in [-0.2, -0.15) is 0 Å². The zero-order chi connectivity index (χ0) is 19.6. The second-order valence-electron chi connectivity index (χ2n) is 7.43. The Morgan fingerprint density at radius 3 is 2.54 bits per heavy atom. The molecule has 1 fully saturated rings. The molecule has 0 aliphatic heterocycles. The number of likely N-dealkylation sites (N-methyl/N-ethyl adjacent to an activating group) is 1. The molecule has 28 heavy (non-hydrogen) atoms. The lowest BCUT2D eigenvalue weighted by atomic mass is 10.1. The number of benzene rings is 2. The van der Waals surface area contributed by atoms with E-state index in [0.717, 1.165) is 35.1 Å². The molecule has 1 heterocycles. The van der Waals surface area contributed by atoms with Gasteiger partial charge in [-0.3, -0.25) is 0 Å². The molecule has 0 radical (unpaired) electrons. The van der Waals surface area contributed by atoms with Crippen LogP contribution in [0.1, 0.15) is 31.2 Å². The Bertz CT molecular complexity index is 1040. The van der Waals surface area contributed by atoms with Crippen molar-refractivity contribution in [1.82, 2.24) is 9.29 Å². The van der Waals surface area contributed by atoms with E-state index in [1.165, 1.54) is 17.1 Å². The van der Waals surface area contributed by atoms with E-state index in [-0.39, 0.29) is 6.10 Å². The van der Waals surface area contributed by atoms with Crippen LogP contribution >= 0.6 is 0 Å². The maximum atomic E-state index is 12.9. The van der Waals surface area contributed by atoms with Crippen LogP contribution in [0.3, 0.4) is 0 Å². The Morgan fingerprint density at radius 2 is 1.79 bits per heavy atom. The molecule has 2 aromatic carbocycles. The fourth-order valence-electron chi connectivity index (χ4n) is 3.81. The Balaban J connectivity index is 1.41. The average Bonchev–Trinajstić information content (AvgIpc) is 3.36. The van der Waals surface area contributed by atoms with Gasteiger partial charge >= 0.3 is 0 Å². The minimum Gasteiger partial charge on any atom is -0.490 e. The van der Waals surface area contributed by atoms with Gasteiger partial charge in [0.15, 0.2) is 0 Å². The maximum Gasteiger partial charge on any atom is 0.242 e. The number of aromatic amines is 1. The molecule has 1 N–H and O–H groups in total. The Hall–Kier alpha value is -2.31. The summed E-state index contributed by atoms with van der Waals surface area (Å²) >= 11 is 0. The SMILES string of the molecule is CN(CCc1c[nH]c2ccccc12)S(=O)(=O)c1ccc(OC2CCCC2)cc1. The van der Waals surface area contributed by atoms with Gasteiger partial charge < -0.3 is 9.72 Å². The van der Waals surface area contributed by atoms with Gasteiger partial charge in [-0.05, 0) is 68.0 Å². The zero-order valence-corrected chi connectivity index (χ0v) is 16.9. The Morgan fingerprint density at radius 1 is 1.07 bits per heavy atom. The van der Waals surface area contributed by atoms with E-state index in [1.54, 1.807) is 31.3 Å². The lowest BCUT2D eigenvalue weighted by Crippen LogP contribution is -2.29. The van der Waals surface area contributed by atoms with E-state index in [0.29, 0.717) is 17.9 Å². The van der Waals surface area contributed by atoms with Crippen molar-refractivity contribution in [2.24, 2.45) is 0 Å². The highest BCUT2D eigenvalue weighted by Gasteiger charge is 2.22. The van der Waals surface area contributed by atoms with Crippen LogP contribution in [-0.2, 0) is 16.4 Å². The van der Waals surface area contributed by atoms with Crippen molar-refractivity contribution in [1.29, 1.82) is 0 Å². The fourth-order valence-corrected chi connectivity index (χ4v) is 4.98. The van der Waals surface area contributed by atoms with Gasteiger partial charge in [0.2, 0.25) is 10.0 Å². The summed E-state index contributed by atoms with van der Waals surface area (Å²) in [6, 6.07) is 14.9. The molecule has 0 atom stereocenters. The van der Waals surface area contributed by atoms with E-state index in [2.05, 4.69) is 11.1 Å². The Labute approximate surface area is 166 Å². The van der Waals surface area contributed by atoms with Crippen LogP contribution in [0.5, 0.6) is 5.75 Å². The number of ether oxygens (including phenoxy) is 1. The molecule has 0 unspecified atom stereocenters. The number of para-hydroxylation sites is 1. The lowest BCUT2D eigenvalue weighted by Gasteiger charge is -2.18. The topological polar surface area (TPSA) is 62.4 Å². The van der Waals surface area contributed by atoms with Crippen molar-refractivity contribution in [3.05, 3.63) is 60.3 Å². The van der Waals surface area contributed by atoms with E-state index < -0.39 is 10.0 Å². The smallest absolute Gasteiger partial charge is 0.242 e. The molecule has 4 rings (SSSR count). The van der Waals surface area contributed by atoms with E-state index in [9.17, 15) is 8.42 Å². The molecule has 1 aromatic heterocycles. The van der Waals surface area contributed by atoms with Gasteiger partial charge in [0.05, 0.1) is 11.0 Å². The summed E-state index contributed by atoms with van der Waals surface area (Å²) in [4.78, 5) is 3.53. The third-order valence-electron chi connectivity index (χ3n) is 5.51. The first kappa shape index (κ1) is 19.0. The van der Waals surface area contributed by atoms with Crippen LogP contribution in [-0.4, -0.2) is 37.4 Å². The number of nitrogens with zero attached hydrogens (tertiary/aromatic N) is 1. The Kier molecular flexibility index (Phi) is 5.42. The van der Waals surface area contributed by atoms with Gasteiger partial charge in [-0.25, -0.2) is 12.7 Å². The molecule has 5 nitrogen and oxygen atoms in total. The third kappa shape index (κ3) is 3.93. The van der Waals surface area contributed by atoms with Crippen molar-refractivity contribution < 1.29 is 13.2 Å². The molecule has 1 aliphatic carbocycles. The number of rotatable bonds is 7. The minimum atomic E-state index is -3.52. The number of aromatic nitrogens is 1. The van der Waals surface area contributed by atoms with Crippen LogP contribution in [0, 0.1) is 0 Å². The average molecular weight is 399 g/mol. The van der Waals surface area contributed by atoms with Gasteiger partial charge in [0, 0.05) is 30.7 Å². The molecule has 1 saturated carbocycles. The summed E-state index contributed by atoms with van der Waals surface area (Å²) < 4.78 is 33.1. The molecule has 148 valence electrons. The molecular weight excluding hydrogens is 372 g/mol. The maximum absolute atomic E-state index is 12.9. The molecule has 0 bridgehead atoms. The summed E-state index contributed by atoms with van der Waals surface area (Å²) in [6.45, 7) is 0.421. The first-order valence-corrected chi connectivity index (χ1v) is 11.3. The van der Waals surface area contributed by atoms with Crippen molar-refractivity contribution in [3.63, 3.8) is 0 Å². The van der Waals surface area contributed by atoms with E-state index in [1.807, 2.05) is 24.4 Å². The lowest BCUT2D eigenvalue weighted by molar-refractivity contribution is 0.210. The number of hydrogen-bond acceptors (Lipinski definition) is 3. The molecule has 6 heteroatoms. The summed E-state index contributed by atoms with van der Waals surface area (Å²) in [5, 5.41) is 1.14. The quantitative estimate of drug-likeness (QED) is 0.643. The first-order valence-electron chi connectivity index (χ1n) is 9.82. The standard InChI is InChI=1S/C22H26N2O3S/c1-24(15-14-17-16-23-22-9-5-4-8-21(17)22)28(25,26)20-12-10-19(11-13-20)27-18-6-2-3-7-18/h4-5,8-13,16,18,23H,2-3,6-7,14-15H2,1H3. The van der Waals surface area contributed by atoms with Gasteiger partial charge in [0.1, 0.15) is 5.75 Å². The van der Waals surface area contributed by atoms with Crippen LogP contribution in [0.2, 0.25) is 0 Å². The predicted octanol–water partition coefficient (Wildman–Crippen LogP) is 4.35. The highest BCUT2D eigenvalue weighted by molar-refractivity contribution is 7.89. The molecule has 3 aromatic rings. The zero-order valence-electron chi connectivity index (χ0n) is 16.1. The van der Waals surface area contributed by atoms with Crippen molar-refractivity contribution >= 4 is 20.9 Å². The fraction of sp³-hybridized carbons (Fsp3) is 0.364. The summed E-state index contributed by atoms with van der Waals surface area (Å²) in [7, 11) is -1.89. The van der Waals surface area contributed by atoms with Crippen LogP contribution < -0.4 is 4.74 Å². The summed E-state index contributed by atoms with van der Waals surface area (Å²) in [5.74, 6) is 0.743. The number of hydrogen-bond donors (Lipinski definition) is 1. The molecule has 0 amide bonds. The second-order valence-corrected chi connectivity index (χ2v) is 9.48. The highest BCUT2D eigenvalue weighted by atomic mass is 32.2. The monoisotopic (exact) mass is 398 g/mol. The van der Waals surface area contributed by atoms with Gasteiger partial charge in [-0.15, -0.1) is 0 Å². The van der Waals surface area contributed by atoms with E-state index >= 15 is 0 Å². The molecule has 1 aliphatic rings. The number of nitrogens with one attached hydrogen (secondary N) is 1. The molecular formula is C22H26N2O3S. The van der Waals surface area contributed by atoms with Crippen LogP contribution in [0.4, 0.5) is 0 Å². The van der Waals surface area contributed by atoms with Gasteiger partial charge in [0.25, 0.3) is 0 Å². The first-order chi connectivity index (χ1) is 13.5. The van der Waals surface area contributed by atoms with E-state index in [4.69, 9.17) is 4.74 Å². The highest BCUT2D eigenvalue weighted by Crippen LogP contribution is 2.26. The van der Waals surface area contributed by atoms with Crippen molar-refractivity contribution in [3.8, 4) is 5.75 Å². The largest absolute Gasteiger partial charge is 0.490 e. The van der Waals surface area contributed by atoms with Gasteiger partial charge in [-0.1, -0.05) is 18.2 Å². The minimum absolute atomic E-state index is 0.265. The van der Waals surface area contributed by atoms with Crippen LogP contribution in [0.15, 0.2) is 59.6 Å². The normalized spacial score (nSPS) is 15.5. The number of sulfonamides is 1. The molecule has 0 spiro atoms. The number of H-pyrrole nitrogens is 1. The van der Waals surface area contributed by atoms with Crippen molar-refractivity contribution in [2.75, 3.05) is 13.6 Å². The summed E-state index contributed by atoms with van der Waals surface area (Å²) in [5.41, 5.74) is 2.19. The molecule has 0 saturated heterocycles. The predicted molar refractivity (Wildman–Crippen MR) is 111 cm³/mol. The van der Waals surface area contributed by atoms with Crippen molar-refractivity contribution in [2.45, 2.75) is 43.1 Å². The summed E-state index contributed by atoms with van der Waals surface area (Å²) in [6.07, 6.45) is 7.45.